The molecule has 28 heavy (non-hydrogen) atoms. The van der Waals surface area contributed by atoms with E-state index in [9.17, 15) is 14.4 Å². The van der Waals surface area contributed by atoms with Gasteiger partial charge in [-0.3, -0.25) is 14.4 Å². The van der Waals surface area contributed by atoms with E-state index in [-0.39, 0.29) is 13.3 Å². The SMILES string of the molecule is Cc1ccc(Cl)cc1NC(=O)COC(=O)CNC(=O)c1ccc2c(c1)OCO2. The Bertz CT molecular complexity index is 931. The summed E-state index contributed by atoms with van der Waals surface area (Å²) in [6.45, 7) is 1.05. The molecule has 0 atom stereocenters. The number of halogens is 1. The Morgan fingerprint density at radius 2 is 1.89 bits per heavy atom. The molecular formula is C19H17ClN2O6. The number of esters is 1. The second-order valence-electron chi connectivity index (χ2n) is 5.92. The Hall–Kier alpha value is -3.26. The molecule has 0 saturated heterocycles. The summed E-state index contributed by atoms with van der Waals surface area (Å²) in [7, 11) is 0. The van der Waals surface area contributed by atoms with E-state index in [0.717, 1.165) is 5.56 Å². The van der Waals surface area contributed by atoms with Crippen LogP contribution in [0.15, 0.2) is 36.4 Å². The summed E-state index contributed by atoms with van der Waals surface area (Å²) in [5.74, 6) is -0.720. The van der Waals surface area contributed by atoms with Gasteiger partial charge in [0.05, 0.1) is 0 Å². The lowest BCUT2D eigenvalue weighted by atomic mass is 10.2. The topological polar surface area (TPSA) is 103 Å². The Balaban J connectivity index is 1.43. The highest BCUT2D eigenvalue weighted by Gasteiger charge is 2.17. The molecule has 0 fully saturated rings. The number of benzene rings is 2. The molecule has 0 aliphatic carbocycles. The highest BCUT2D eigenvalue weighted by Crippen LogP contribution is 2.32. The highest BCUT2D eigenvalue weighted by molar-refractivity contribution is 6.31. The van der Waals surface area contributed by atoms with E-state index in [2.05, 4.69) is 10.6 Å². The molecule has 2 amide bonds. The quantitative estimate of drug-likeness (QED) is 0.716. The lowest BCUT2D eigenvalue weighted by Gasteiger charge is -2.10. The van der Waals surface area contributed by atoms with Crippen molar-refractivity contribution in [2.45, 2.75) is 6.92 Å². The number of rotatable bonds is 6. The molecule has 2 aromatic carbocycles. The summed E-state index contributed by atoms with van der Waals surface area (Å²) < 4.78 is 15.2. The van der Waals surface area contributed by atoms with Gasteiger partial charge in [0.2, 0.25) is 6.79 Å². The monoisotopic (exact) mass is 404 g/mol. The van der Waals surface area contributed by atoms with Gasteiger partial charge in [-0.2, -0.15) is 0 Å². The van der Waals surface area contributed by atoms with Crippen molar-refractivity contribution in [3.05, 3.63) is 52.5 Å². The molecular weight excluding hydrogens is 388 g/mol. The number of carbonyl (C=O) groups excluding carboxylic acids is 3. The van der Waals surface area contributed by atoms with Gasteiger partial charge in [0.1, 0.15) is 6.54 Å². The van der Waals surface area contributed by atoms with E-state index >= 15 is 0 Å². The minimum atomic E-state index is -0.743. The van der Waals surface area contributed by atoms with Crippen molar-refractivity contribution in [1.29, 1.82) is 0 Å². The predicted molar refractivity (Wildman–Crippen MR) is 101 cm³/mol. The Kier molecular flexibility index (Phi) is 6.00. The van der Waals surface area contributed by atoms with Crippen LogP contribution in [0, 0.1) is 6.92 Å². The molecule has 2 N–H and O–H groups in total. The van der Waals surface area contributed by atoms with Crippen LogP contribution in [-0.2, 0) is 14.3 Å². The number of amides is 2. The van der Waals surface area contributed by atoms with Crippen LogP contribution in [0.3, 0.4) is 0 Å². The standard InChI is InChI=1S/C19H17ClN2O6/c1-11-2-4-13(20)7-14(11)22-17(23)9-26-18(24)8-21-19(25)12-3-5-15-16(6-12)28-10-27-15/h2-7H,8-10H2,1H3,(H,21,25)(H,22,23). The van der Waals surface area contributed by atoms with Gasteiger partial charge >= 0.3 is 5.97 Å². The van der Waals surface area contributed by atoms with E-state index in [1.54, 1.807) is 30.3 Å². The minimum absolute atomic E-state index is 0.101. The smallest absolute Gasteiger partial charge is 0.325 e. The number of nitrogens with one attached hydrogen (secondary N) is 2. The molecule has 0 spiro atoms. The van der Waals surface area contributed by atoms with Crippen molar-refractivity contribution in [3.63, 3.8) is 0 Å². The van der Waals surface area contributed by atoms with Crippen LogP contribution >= 0.6 is 11.6 Å². The second-order valence-corrected chi connectivity index (χ2v) is 6.36. The van der Waals surface area contributed by atoms with Gasteiger partial charge in [-0.25, -0.2) is 0 Å². The molecule has 0 saturated carbocycles. The van der Waals surface area contributed by atoms with E-state index in [1.165, 1.54) is 6.07 Å². The molecule has 1 aliphatic heterocycles. The summed E-state index contributed by atoms with van der Waals surface area (Å²) in [6.07, 6.45) is 0. The Morgan fingerprint density at radius 1 is 1.11 bits per heavy atom. The number of hydrogen-bond acceptors (Lipinski definition) is 6. The molecule has 8 nitrogen and oxygen atoms in total. The number of fused-ring (bicyclic) bond motifs is 1. The zero-order valence-electron chi connectivity index (χ0n) is 14.9. The maximum Gasteiger partial charge on any atom is 0.325 e. The molecule has 1 aliphatic rings. The first kappa shape index (κ1) is 19.5. The van der Waals surface area contributed by atoms with Gasteiger partial charge < -0.3 is 24.8 Å². The molecule has 9 heteroatoms. The van der Waals surface area contributed by atoms with Gasteiger partial charge in [-0.05, 0) is 42.8 Å². The highest BCUT2D eigenvalue weighted by atomic mass is 35.5. The fourth-order valence-electron chi connectivity index (χ4n) is 2.40. The number of hydrogen-bond donors (Lipinski definition) is 2. The summed E-state index contributed by atoms with van der Waals surface area (Å²) in [6, 6.07) is 9.74. The van der Waals surface area contributed by atoms with E-state index in [0.29, 0.717) is 27.8 Å². The lowest BCUT2D eigenvalue weighted by Crippen LogP contribution is -2.32. The van der Waals surface area contributed by atoms with Crippen LogP contribution in [0.5, 0.6) is 11.5 Å². The van der Waals surface area contributed by atoms with Crippen LogP contribution in [0.25, 0.3) is 0 Å². The normalized spacial score (nSPS) is 11.6. The molecule has 3 rings (SSSR count). The summed E-state index contributed by atoms with van der Waals surface area (Å²) >= 11 is 5.89. The average Bonchev–Trinajstić information content (AvgIpc) is 3.15. The number of aryl methyl sites for hydroxylation is 1. The third-order valence-electron chi connectivity index (χ3n) is 3.87. The summed E-state index contributed by atoms with van der Waals surface area (Å²) in [5.41, 5.74) is 1.66. The first-order valence-electron chi connectivity index (χ1n) is 8.32. The third-order valence-corrected chi connectivity index (χ3v) is 4.10. The van der Waals surface area contributed by atoms with Crippen molar-refractivity contribution in [3.8, 4) is 11.5 Å². The average molecular weight is 405 g/mol. The molecule has 2 aromatic rings. The van der Waals surface area contributed by atoms with E-state index < -0.39 is 24.4 Å². The number of anilines is 1. The van der Waals surface area contributed by atoms with Gasteiger partial charge in [-0.1, -0.05) is 17.7 Å². The van der Waals surface area contributed by atoms with Gasteiger partial charge in [0, 0.05) is 16.3 Å². The fourth-order valence-corrected chi connectivity index (χ4v) is 2.58. The molecule has 1 heterocycles. The van der Waals surface area contributed by atoms with Crippen molar-refractivity contribution < 1.29 is 28.6 Å². The van der Waals surface area contributed by atoms with Gasteiger partial charge in [0.15, 0.2) is 18.1 Å². The van der Waals surface area contributed by atoms with Crippen LogP contribution in [0.2, 0.25) is 5.02 Å². The molecule has 146 valence electrons. The van der Waals surface area contributed by atoms with Gasteiger partial charge in [-0.15, -0.1) is 0 Å². The number of ether oxygens (including phenoxy) is 3. The van der Waals surface area contributed by atoms with Crippen molar-refractivity contribution in [2.24, 2.45) is 0 Å². The van der Waals surface area contributed by atoms with Crippen molar-refractivity contribution in [2.75, 3.05) is 25.3 Å². The van der Waals surface area contributed by atoms with Crippen molar-refractivity contribution in [1.82, 2.24) is 5.32 Å². The second kappa shape index (κ2) is 8.62. The zero-order valence-corrected chi connectivity index (χ0v) is 15.7. The Morgan fingerprint density at radius 3 is 2.71 bits per heavy atom. The minimum Gasteiger partial charge on any atom is -0.454 e. The largest absolute Gasteiger partial charge is 0.454 e. The first-order valence-corrected chi connectivity index (χ1v) is 8.69. The molecule has 0 unspecified atom stereocenters. The van der Waals surface area contributed by atoms with Crippen LogP contribution in [-0.4, -0.2) is 37.7 Å². The summed E-state index contributed by atoms with van der Waals surface area (Å²) in [4.78, 5) is 35.8. The third kappa shape index (κ3) is 4.92. The first-order chi connectivity index (χ1) is 13.4. The maximum atomic E-state index is 12.1. The van der Waals surface area contributed by atoms with Crippen LogP contribution < -0.4 is 20.1 Å². The lowest BCUT2D eigenvalue weighted by molar-refractivity contribution is -0.146. The fraction of sp³-hybridized carbons (Fsp3) is 0.211. The molecule has 0 radical (unpaired) electrons. The van der Waals surface area contributed by atoms with Crippen LogP contribution in [0.1, 0.15) is 15.9 Å². The van der Waals surface area contributed by atoms with Crippen LogP contribution in [0.4, 0.5) is 5.69 Å². The molecule has 0 aromatic heterocycles. The van der Waals surface area contributed by atoms with Crippen molar-refractivity contribution >= 4 is 35.1 Å². The summed E-state index contributed by atoms with van der Waals surface area (Å²) in [5, 5.41) is 5.50. The Labute approximate surface area is 165 Å². The van der Waals surface area contributed by atoms with E-state index in [4.69, 9.17) is 25.8 Å². The maximum absolute atomic E-state index is 12.1. The number of carbonyl (C=O) groups is 3. The molecule has 0 bridgehead atoms. The zero-order chi connectivity index (χ0) is 20.1. The van der Waals surface area contributed by atoms with Gasteiger partial charge in [0.25, 0.3) is 11.8 Å². The predicted octanol–water partition coefficient (Wildman–Crippen LogP) is 2.29. The van der Waals surface area contributed by atoms with E-state index in [1.807, 2.05) is 6.92 Å².